The minimum atomic E-state index is -3.30. The van der Waals surface area contributed by atoms with Gasteiger partial charge >= 0.3 is 0 Å². The van der Waals surface area contributed by atoms with Crippen LogP contribution in [0.5, 0.6) is 0 Å². The Balaban J connectivity index is 1.58. The highest BCUT2D eigenvalue weighted by Gasteiger charge is 2.30. The average molecular weight is 423 g/mol. The predicted molar refractivity (Wildman–Crippen MR) is 120 cm³/mol. The molecule has 0 saturated heterocycles. The molecular formula is C23H26N4O2S. The van der Waals surface area contributed by atoms with Crippen molar-refractivity contribution in [2.24, 2.45) is 11.7 Å². The van der Waals surface area contributed by atoms with Gasteiger partial charge in [-0.15, -0.1) is 0 Å². The molecule has 1 saturated carbocycles. The lowest BCUT2D eigenvalue weighted by Crippen LogP contribution is -2.32. The van der Waals surface area contributed by atoms with E-state index >= 15 is 0 Å². The highest BCUT2D eigenvalue weighted by Crippen LogP contribution is 2.35. The molecule has 1 fully saturated rings. The summed E-state index contributed by atoms with van der Waals surface area (Å²) in [4.78, 5) is 7.36. The molecule has 156 valence electrons. The van der Waals surface area contributed by atoms with Crippen molar-refractivity contribution < 1.29 is 8.42 Å². The number of aryl methyl sites for hydroxylation is 1. The largest absolute Gasteiger partial charge is 0.369 e. The molecule has 0 bridgehead atoms. The summed E-state index contributed by atoms with van der Waals surface area (Å²) in [5.41, 5.74) is 10.2. The van der Waals surface area contributed by atoms with Gasteiger partial charge in [0, 0.05) is 30.2 Å². The van der Waals surface area contributed by atoms with E-state index < -0.39 is 9.84 Å². The Morgan fingerprint density at radius 3 is 2.77 bits per heavy atom. The van der Waals surface area contributed by atoms with Crippen molar-refractivity contribution in [3.63, 3.8) is 0 Å². The SMILES string of the molecule is Cc1ccc2nc(N3CCS(=O)(=O)c4ccccc4C3)cc(NC(N)C3CC3)c2c1. The Labute approximate surface area is 177 Å². The second-order valence-electron chi connectivity index (χ2n) is 8.40. The van der Waals surface area contributed by atoms with Gasteiger partial charge in [-0.25, -0.2) is 13.4 Å². The van der Waals surface area contributed by atoms with Gasteiger partial charge in [-0.2, -0.15) is 0 Å². The maximum Gasteiger partial charge on any atom is 0.180 e. The van der Waals surface area contributed by atoms with Crippen LogP contribution in [0.1, 0.15) is 24.0 Å². The quantitative estimate of drug-likeness (QED) is 0.626. The molecule has 6 nitrogen and oxygen atoms in total. The summed E-state index contributed by atoms with van der Waals surface area (Å²) in [5, 5.41) is 4.54. The number of fused-ring (bicyclic) bond motifs is 2. The molecule has 0 radical (unpaired) electrons. The number of hydrogen-bond acceptors (Lipinski definition) is 6. The van der Waals surface area contributed by atoms with E-state index in [1.165, 1.54) is 0 Å². The van der Waals surface area contributed by atoms with Crippen LogP contribution in [-0.2, 0) is 16.4 Å². The van der Waals surface area contributed by atoms with Gasteiger partial charge < -0.3 is 16.0 Å². The molecule has 1 aliphatic carbocycles. The summed E-state index contributed by atoms with van der Waals surface area (Å²) in [6.07, 6.45) is 2.22. The minimum absolute atomic E-state index is 0.0714. The van der Waals surface area contributed by atoms with E-state index in [1.807, 2.05) is 30.3 Å². The van der Waals surface area contributed by atoms with Crippen molar-refractivity contribution in [3.05, 3.63) is 59.7 Å². The third-order valence-corrected chi connectivity index (χ3v) is 7.81. The van der Waals surface area contributed by atoms with Crippen LogP contribution >= 0.6 is 0 Å². The molecule has 30 heavy (non-hydrogen) atoms. The van der Waals surface area contributed by atoms with E-state index in [0.717, 1.165) is 46.4 Å². The zero-order chi connectivity index (χ0) is 20.9. The van der Waals surface area contributed by atoms with Crippen LogP contribution in [0.4, 0.5) is 11.5 Å². The van der Waals surface area contributed by atoms with Gasteiger partial charge in [0.2, 0.25) is 0 Å². The van der Waals surface area contributed by atoms with Crippen molar-refractivity contribution in [2.45, 2.75) is 37.4 Å². The summed E-state index contributed by atoms with van der Waals surface area (Å²) in [6, 6.07) is 15.5. The molecule has 3 N–H and O–H groups in total. The number of rotatable bonds is 4. The van der Waals surface area contributed by atoms with Crippen molar-refractivity contribution in [2.75, 3.05) is 22.5 Å². The maximum absolute atomic E-state index is 12.7. The first-order chi connectivity index (χ1) is 14.4. The van der Waals surface area contributed by atoms with Crippen molar-refractivity contribution in [3.8, 4) is 0 Å². The van der Waals surface area contributed by atoms with Gasteiger partial charge in [-0.1, -0.05) is 29.8 Å². The lowest BCUT2D eigenvalue weighted by atomic mass is 10.1. The predicted octanol–water partition coefficient (Wildman–Crippen LogP) is 3.44. The van der Waals surface area contributed by atoms with Gasteiger partial charge in [-0.3, -0.25) is 0 Å². The Hall–Kier alpha value is -2.64. The molecule has 2 aromatic carbocycles. The fraction of sp³-hybridized carbons (Fsp3) is 0.348. The van der Waals surface area contributed by atoms with E-state index in [9.17, 15) is 8.42 Å². The van der Waals surface area contributed by atoms with Crippen LogP contribution in [0.25, 0.3) is 10.9 Å². The summed E-state index contributed by atoms with van der Waals surface area (Å²) >= 11 is 0. The number of pyridine rings is 1. The van der Waals surface area contributed by atoms with Crippen molar-refractivity contribution in [1.82, 2.24) is 4.98 Å². The van der Waals surface area contributed by atoms with E-state index in [1.54, 1.807) is 12.1 Å². The normalized spacial score (nSPS) is 19.2. The first-order valence-electron chi connectivity index (χ1n) is 10.4. The number of anilines is 2. The summed E-state index contributed by atoms with van der Waals surface area (Å²) in [6.45, 7) is 2.97. The first-order valence-corrected chi connectivity index (χ1v) is 12.0. The highest BCUT2D eigenvalue weighted by atomic mass is 32.2. The van der Waals surface area contributed by atoms with Crippen LogP contribution in [0.2, 0.25) is 0 Å². The number of aromatic nitrogens is 1. The molecule has 1 aliphatic heterocycles. The second kappa shape index (κ2) is 7.25. The van der Waals surface area contributed by atoms with Gasteiger partial charge in [-0.05, 0) is 49.4 Å². The van der Waals surface area contributed by atoms with Crippen LogP contribution < -0.4 is 16.0 Å². The zero-order valence-corrected chi connectivity index (χ0v) is 17.8. The maximum atomic E-state index is 12.7. The summed E-state index contributed by atoms with van der Waals surface area (Å²) < 4.78 is 25.5. The third kappa shape index (κ3) is 3.63. The molecule has 2 heterocycles. The second-order valence-corrected chi connectivity index (χ2v) is 10.5. The lowest BCUT2D eigenvalue weighted by Gasteiger charge is -2.24. The molecule has 3 aromatic rings. The van der Waals surface area contributed by atoms with E-state index in [0.29, 0.717) is 23.9 Å². The molecule has 2 aliphatic rings. The number of nitrogens with two attached hydrogens (primary N) is 1. The molecule has 0 spiro atoms. The number of nitrogens with one attached hydrogen (secondary N) is 1. The van der Waals surface area contributed by atoms with Gasteiger partial charge in [0.1, 0.15) is 5.82 Å². The molecule has 7 heteroatoms. The van der Waals surface area contributed by atoms with Crippen LogP contribution in [-0.4, -0.2) is 31.9 Å². The van der Waals surface area contributed by atoms with Gasteiger partial charge in [0.25, 0.3) is 0 Å². The fourth-order valence-electron chi connectivity index (χ4n) is 4.12. The van der Waals surface area contributed by atoms with Crippen LogP contribution in [0, 0.1) is 12.8 Å². The number of nitrogens with zero attached hydrogens (tertiary/aromatic N) is 2. The standard InChI is InChI=1S/C23H26N4O2S/c1-15-6-9-19-18(12-15)20(26-23(24)16-7-8-16)13-22(25-19)27-10-11-30(28,29)21-5-3-2-4-17(21)14-27/h2-6,9,12-13,16,23H,7-8,10-11,14,24H2,1H3,(H,25,26). The molecule has 1 unspecified atom stereocenters. The zero-order valence-electron chi connectivity index (χ0n) is 17.0. The van der Waals surface area contributed by atoms with Crippen molar-refractivity contribution >= 4 is 32.2 Å². The first kappa shape index (κ1) is 19.3. The van der Waals surface area contributed by atoms with E-state index in [4.69, 9.17) is 10.7 Å². The summed E-state index contributed by atoms with van der Waals surface area (Å²) in [7, 11) is -3.30. The fourth-order valence-corrected chi connectivity index (χ4v) is 5.62. The molecule has 5 rings (SSSR count). The Morgan fingerprint density at radius 2 is 1.97 bits per heavy atom. The third-order valence-electron chi connectivity index (χ3n) is 6.03. The Bertz CT molecular complexity index is 1220. The van der Waals surface area contributed by atoms with Gasteiger partial charge in [0.15, 0.2) is 9.84 Å². The smallest absolute Gasteiger partial charge is 0.180 e. The number of benzene rings is 2. The topological polar surface area (TPSA) is 88.3 Å². The van der Waals surface area contributed by atoms with Crippen molar-refractivity contribution in [1.29, 1.82) is 0 Å². The van der Waals surface area contributed by atoms with E-state index in [-0.39, 0.29) is 11.9 Å². The molecule has 1 aromatic heterocycles. The van der Waals surface area contributed by atoms with Crippen LogP contribution in [0.3, 0.4) is 0 Å². The highest BCUT2D eigenvalue weighted by molar-refractivity contribution is 7.91. The molecule has 0 amide bonds. The summed E-state index contributed by atoms with van der Waals surface area (Å²) in [5.74, 6) is 1.35. The minimum Gasteiger partial charge on any atom is -0.369 e. The number of sulfone groups is 1. The van der Waals surface area contributed by atoms with Crippen LogP contribution in [0.15, 0.2) is 53.4 Å². The van der Waals surface area contributed by atoms with Gasteiger partial charge in [0.05, 0.1) is 22.3 Å². The molecular weight excluding hydrogens is 396 g/mol. The molecule has 1 atom stereocenters. The monoisotopic (exact) mass is 422 g/mol. The lowest BCUT2D eigenvalue weighted by molar-refractivity contribution is 0.596. The van der Waals surface area contributed by atoms with E-state index in [2.05, 4.69) is 23.2 Å². The Morgan fingerprint density at radius 1 is 1.17 bits per heavy atom. The Kier molecular flexibility index (Phi) is 4.67. The average Bonchev–Trinajstić information content (AvgIpc) is 3.57. The number of hydrogen-bond donors (Lipinski definition) is 2.